The molecule has 1 N–H and O–H groups in total. The second-order valence-corrected chi connectivity index (χ2v) is 12.6. The van der Waals surface area contributed by atoms with Crippen molar-refractivity contribution in [1.82, 2.24) is 10.2 Å². The summed E-state index contributed by atoms with van der Waals surface area (Å²) in [5.41, 5.74) is 1.29. The van der Waals surface area contributed by atoms with E-state index in [1.807, 2.05) is 0 Å². The van der Waals surface area contributed by atoms with Gasteiger partial charge in [-0.25, -0.2) is 4.39 Å². The van der Waals surface area contributed by atoms with Gasteiger partial charge in [-0.1, -0.05) is 73.2 Å². The van der Waals surface area contributed by atoms with E-state index in [1.54, 1.807) is 60.7 Å². The van der Waals surface area contributed by atoms with E-state index in [0.717, 1.165) is 30.6 Å². The fourth-order valence-electron chi connectivity index (χ4n) is 5.09. The molecule has 232 valence electrons. The smallest absolute Gasteiger partial charge is 0.301 e. The summed E-state index contributed by atoms with van der Waals surface area (Å²) in [6.45, 7) is 3.46. The predicted octanol–water partition coefficient (Wildman–Crippen LogP) is 6.94. The van der Waals surface area contributed by atoms with Gasteiger partial charge in [0.2, 0.25) is 5.13 Å². The summed E-state index contributed by atoms with van der Waals surface area (Å²) >= 11 is 2.39. The quantitative estimate of drug-likeness (QED) is 0.0462. The van der Waals surface area contributed by atoms with Crippen LogP contribution in [0, 0.1) is 5.82 Å². The van der Waals surface area contributed by atoms with Gasteiger partial charge >= 0.3 is 5.91 Å². The number of hydrogen-bond donors (Lipinski definition) is 1. The van der Waals surface area contributed by atoms with Crippen LogP contribution in [0.2, 0.25) is 0 Å². The van der Waals surface area contributed by atoms with Crippen molar-refractivity contribution in [1.29, 1.82) is 0 Å². The van der Waals surface area contributed by atoms with Gasteiger partial charge in [0.25, 0.3) is 5.78 Å². The Bertz CT molecular complexity index is 1740. The number of carbonyl (C=O) groups excluding carboxylic acids is 2. The van der Waals surface area contributed by atoms with Gasteiger partial charge in [-0.15, -0.1) is 10.2 Å². The van der Waals surface area contributed by atoms with Crippen LogP contribution in [0.4, 0.5) is 9.52 Å². The average molecular weight is 648 g/mol. The monoisotopic (exact) mass is 647 g/mol. The summed E-state index contributed by atoms with van der Waals surface area (Å²) in [6, 6.07) is 17.4. The van der Waals surface area contributed by atoms with Crippen molar-refractivity contribution in [2.45, 2.75) is 42.3 Å². The van der Waals surface area contributed by atoms with Crippen LogP contribution in [0.25, 0.3) is 5.76 Å². The van der Waals surface area contributed by atoms with E-state index in [2.05, 4.69) is 17.1 Å². The lowest BCUT2D eigenvalue weighted by atomic mass is 9.95. The molecule has 1 unspecified atom stereocenters. The predicted molar refractivity (Wildman–Crippen MR) is 170 cm³/mol. The number of unbranched alkanes of at least 4 members (excludes halogenated alkanes) is 2. The fraction of sp³-hybridized carbons (Fsp3) is 0.273. The molecule has 3 aromatic carbocycles. The maximum absolute atomic E-state index is 14.2. The number of aliphatic hydroxyl groups excluding tert-OH is 1. The first-order valence-electron chi connectivity index (χ1n) is 14.6. The van der Waals surface area contributed by atoms with E-state index in [9.17, 15) is 19.1 Å². The molecule has 12 heteroatoms. The van der Waals surface area contributed by atoms with E-state index >= 15 is 0 Å². The van der Waals surface area contributed by atoms with Gasteiger partial charge < -0.3 is 19.3 Å². The number of rotatable bonds is 11. The minimum absolute atomic E-state index is 0.0935. The third-order valence-electron chi connectivity index (χ3n) is 7.38. The normalized spacial score (nSPS) is 17.1. The second kappa shape index (κ2) is 13.7. The number of anilines is 1. The summed E-state index contributed by atoms with van der Waals surface area (Å²) in [4.78, 5) is 28.5. The molecule has 45 heavy (non-hydrogen) atoms. The Morgan fingerprint density at radius 3 is 2.60 bits per heavy atom. The van der Waals surface area contributed by atoms with Crippen LogP contribution in [-0.2, 0) is 15.3 Å². The molecular formula is C33H30FN3O6S2. The number of thioether (sulfide) groups is 1. The molecular weight excluding hydrogens is 618 g/mol. The topological polar surface area (TPSA) is 111 Å². The second-order valence-electron chi connectivity index (χ2n) is 10.4. The lowest BCUT2D eigenvalue weighted by Crippen LogP contribution is -2.29. The van der Waals surface area contributed by atoms with Gasteiger partial charge in [0.15, 0.2) is 15.8 Å². The van der Waals surface area contributed by atoms with Crippen molar-refractivity contribution < 1.29 is 33.3 Å². The van der Waals surface area contributed by atoms with Crippen molar-refractivity contribution in [3.8, 4) is 17.2 Å². The minimum atomic E-state index is -0.996. The Labute approximate surface area is 267 Å². The first-order valence-corrected chi connectivity index (χ1v) is 16.4. The summed E-state index contributed by atoms with van der Waals surface area (Å²) in [5, 5.41) is 20.2. The van der Waals surface area contributed by atoms with Gasteiger partial charge in [-0.2, -0.15) is 0 Å². The molecule has 1 aromatic heterocycles. The maximum Gasteiger partial charge on any atom is 0.301 e. The molecule has 1 atom stereocenters. The average Bonchev–Trinajstić information content (AvgIpc) is 3.64. The number of amides is 1. The van der Waals surface area contributed by atoms with Crippen molar-refractivity contribution in [2.24, 2.45) is 0 Å². The van der Waals surface area contributed by atoms with Crippen LogP contribution >= 0.6 is 23.1 Å². The summed E-state index contributed by atoms with van der Waals surface area (Å²) in [6.07, 6.45) is 3.08. The number of Topliss-reactive ketones (excluding diaryl/α,β-unsaturated/α-hetero) is 1. The van der Waals surface area contributed by atoms with E-state index in [4.69, 9.17) is 14.2 Å². The number of fused-ring (bicyclic) bond motifs is 1. The van der Waals surface area contributed by atoms with Gasteiger partial charge in [0, 0.05) is 11.3 Å². The zero-order valence-corrected chi connectivity index (χ0v) is 26.0. The molecule has 0 aliphatic carbocycles. The zero-order chi connectivity index (χ0) is 31.3. The highest BCUT2D eigenvalue weighted by Crippen LogP contribution is 2.45. The van der Waals surface area contributed by atoms with Crippen LogP contribution in [0.5, 0.6) is 17.2 Å². The molecule has 1 amide bonds. The molecule has 4 aromatic rings. The lowest BCUT2D eigenvalue weighted by Gasteiger charge is -2.23. The van der Waals surface area contributed by atoms with Crippen LogP contribution < -0.4 is 19.1 Å². The Hall–Kier alpha value is -4.42. The van der Waals surface area contributed by atoms with Gasteiger partial charge in [0.1, 0.15) is 30.5 Å². The van der Waals surface area contributed by atoms with Gasteiger partial charge in [-0.05, 0) is 53.9 Å². The number of halogens is 1. The van der Waals surface area contributed by atoms with Gasteiger partial charge in [-0.3, -0.25) is 14.5 Å². The molecule has 2 aliphatic heterocycles. The van der Waals surface area contributed by atoms with Crippen molar-refractivity contribution in [3.05, 3.63) is 94.8 Å². The summed E-state index contributed by atoms with van der Waals surface area (Å²) in [5.74, 6) is -0.452. The third kappa shape index (κ3) is 6.52. The first-order chi connectivity index (χ1) is 21.9. The molecule has 0 saturated carbocycles. The lowest BCUT2D eigenvalue weighted by molar-refractivity contribution is -0.132. The first kappa shape index (κ1) is 30.6. The molecule has 1 fully saturated rings. The molecule has 0 radical (unpaired) electrons. The number of ether oxygens (including phenoxy) is 3. The van der Waals surface area contributed by atoms with E-state index in [0.29, 0.717) is 63.9 Å². The van der Waals surface area contributed by atoms with Crippen LogP contribution in [-0.4, -0.2) is 46.8 Å². The van der Waals surface area contributed by atoms with E-state index < -0.39 is 17.7 Å². The largest absolute Gasteiger partial charge is 0.507 e. The number of carbonyl (C=O) groups is 2. The molecule has 2 aliphatic rings. The maximum atomic E-state index is 14.2. The molecule has 6 rings (SSSR count). The Balaban J connectivity index is 1.35. The molecule has 1 saturated heterocycles. The molecule has 3 heterocycles. The van der Waals surface area contributed by atoms with E-state index in [1.165, 1.54) is 22.7 Å². The SMILES string of the molecule is CCCCCOc1ccc(C2/C(=C(\O)c3ccc4c(c3)OCCO4)C(=O)C(=O)N2c2nnc(SCc3ccccc3F)s2)cc1. The number of ketones is 1. The molecule has 0 spiro atoms. The van der Waals surface area contributed by atoms with Crippen LogP contribution in [0.1, 0.15) is 48.9 Å². The number of aromatic nitrogens is 2. The standard InChI is InChI=1S/C33H30FN3O6S2/c1-2-3-6-15-41-23-12-9-20(10-13-23)28-27(29(38)21-11-14-25-26(18-21)43-17-16-42-25)30(39)31(40)37(28)32-35-36-33(45-32)44-19-22-7-4-5-8-24(22)34/h4-5,7-14,18,28,38H,2-3,6,15-17,19H2,1H3/b29-27+. The highest BCUT2D eigenvalue weighted by Gasteiger charge is 2.48. The Morgan fingerprint density at radius 2 is 1.82 bits per heavy atom. The highest BCUT2D eigenvalue weighted by atomic mass is 32.2. The van der Waals surface area contributed by atoms with Crippen LogP contribution in [0.3, 0.4) is 0 Å². The summed E-state index contributed by atoms with van der Waals surface area (Å²) < 4.78 is 31.8. The highest BCUT2D eigenvalue weighted by molar-refractivity contribution is 8.00. The zero-order valence-electron chi connectivity index (χ0n) is 24.4. The number of benzene rings is 3. The Morgan fingerprint density at radius 1 is 1.04 bits per heavy atom. The van der Waals surface area contributed by atoms with Crippen LogP contribution in [0.15, 0.2) is 76.6 Å². The van der Waals surface area contributed by atoms with Crippen molar-refractivity contribution >= 4 is 45.7 Å². The number of hydrogen-bond acceptors (Lipinski definition) is 10. The fourth-order valence-corrected chi connectivity index (χ4v) is 6.95. The van der Waals surface area contributed by atoms with Crippen molar-refractivity contribution in [3.63, 3.8) is 0 Å². The summed E-state index contributed by atoms with van der Waals surface area (Å²) in [7, 11) is 0. The molecule has 0 bridgehead atoms. The number of aliphatic hydroxyl groups is 1. The Kier molecular flexibility index (Phi) is 9.31. The molecule has 9 nitrogen and oxygen atoms in total. The number of nitrogens with zero attached hydrogens (tertiary/aromatic N) is 3. The van der Waals surface area contributed by atoms with Crippen molar-refractivity contribution in [2.75, 3.05) is 24.7 Å². The minimum Gasteiger partial charge on any atom is -0.507 e. The van der Waals surface area contributed by atoms with E-state index in [-0.39, 0.29) is 22.3 Å². The third-order valence-corrected chi connectivity index (χ3v) is 9.49. The van der Waals surface area contributed by atoms with Gasteiger partial charge in [0.05, 0.1) is 18.2 Å².